The van der Waals surface area contributed by atoms with E-state index in [0.717, 1.165) is 22.0 Å². The number of rotatable bonds is 6. The van der Waals surface area contributed by atoms with Crippen LogP contribution in [-0.4, -0.2) is 29.9 Å². The fourth-order valence-electron chi connectivity index (χ4n) is 3.95. The van der Waals surface area contributed by atoms with Crippen molar-refractivity contribution in [3.8, 4) is 0 Å². The van der Waals surface area contributed by atoms with Gasteiger partial charge in [0.1, 0.15) is 12.2 Å². The van der Waals surface area contributed by atoms with E-state index in [1.54, 1.807) is 18.2 Å². The summed E-state index contributed by atoms with van der Waals surface area (Å²) in [5.41, 5.74) is 1.74. The Labute approximate surface area is 196 Å². The van der Waals surface area contributed by atoms with E-state index in [0.29, 0.717) is 5.56 Å². The Kier molecular flexibility index (Phi) is 7.51. The molecule has 31 heavy (non-hydrogen) atoms. The maximum absolute atomic E-state index is 12.9. The molecule has 1 aliphatic carbocycles. The highest BCUT2D eigenvalue weighted by molar-refractivity contribution is 14.1. The molecule has 1 aliphatic heterocycles. The highest BCUT2D eigenvalue weighted by atomic mass is 127. The van der Waals surface area contributed by atoms with E-state index in [9.17, 15) is 14.4 Å². The van der Waals surface area contributed by atoms with Crippen molar-refractivity contribution < 1.29 is 23.9 Å². The average Bonchev–Trinajstić information content (AvgIpc) is 3.00. The van der Waals surface area contributed by atoms with Gasteiger partial charge in [0.2, 0.25) is 0 Å². The maximum atomic E-state index is 12.9. The number of allylic oxidation sites excluding steroid dienone is 4. The summed E-state index contributed by atoms with van der Waals surface area (Å²) in [5.74, 6) is -1.01. The average molecular weight is 534 g/mol. The monoisotopic (exact) mass is 534 g/mol. The number of halogens is 1. The summed E-state index contributed by atoms with van der Waals surface area (Å²) in [6, 6.07) is 7.09. The molecule has 3 rings (SSSR count). The van der Waals surface area contributed by atoms with Crippen LogP contribution in [0.1, 0.15) is 56.8 Å². The second-order valence-corrected chi connectivity index (χ2v) is 9.70. The molecule has 5 nitrogen and oxygen atoms in total. The third-order valence-corrected chi connectivity index (χ3v) is 6.37. The van der Waals surface area contributed by atoms with Crippen molar-refractivity contribution >= 4 is 40.3 Å². The topological polar surface area (TPSA) is 69.7 Å². The van der Waals surface area contributed by atoms with Crippen LogP contribution in [0, 0.1) is 8.99 Å². The minimum Gasteiger partial charge on any atom is -0.457 e. The maximum Gasteiger partial charge on any atom is 0.338 e. The number of carbonyl (C=O) groups is 3. The first-order valence-electron chi connectivity index (χ1n) is 10.4. The van der Waals surface area contributed by atoms with Crippen LogP contribution >= 0.6 is 22.6 Å². The Morgan fingerprint density at radius 3 is 2.61 bits per heavy atom. The van der Waals surface area contributed by atoms with Gasteiger partial charge < -0.3 is 9.47 Å². The third kappa shape index (κ3) is 5.73. The molecule has 0 bridgehead atoms. The molecular weight excluding hydrogens is 507 g/mol. The second kappa shape index (κ2) is 9.94. The first-order chi connectivity index (χ1) is 14.7. The van der Waals surface area contributed by atoms with Gasteiger partial charge in [-0.05, 0) is 98.7 Å². The van der Waals surface area contributed by atoms with Crippen molar-refractivity contribution in [2.24, 2.45) is 5.41 Å². The molecule has 164 valence electrons. The van der Waals surface area contributed by atoms with Crippen LogP contribution in [0.2, 0.25) is 0 Å². The predicted molar refractivity (Wildman–Crippen MR) is 126 cm³/mol. The van der Waals surface area contributed by atoms with Gasteiger partial charge in [-0.15, -0.1) is 0 Å². The molecule has 1 saturated heterocycles. The van der Waals surface area contributed by atoms with Gasteiger partial charge in [-0.3, -0.25) is 9.59 Å². The minimum absolute atomic E-state index is 0.00380. The molecular formula is C25H27IO5. The number of benzene rings is 1. The molecule has 1 aromatic carbocycles. The van der Waals surface area contributed by atoms with E-state index in [-0.39, 0.29) is 18.6 Å². The fraction of sp³-hybridized carbons (Fsp3) is 0.400. The molecule has 1 fully saturated rings. The Balaban J connectivity index is 1.76. The molecule has 1 spiro atoms. The quantitative estimate of drug-likeness (QED) is 0.280. The van der Waals surface area contributed by atoms with E-state index in [1.165, 1.54) is 11.6 Å². The van der Waals surface area contributed by atoms with E-state index < -0.39 is 29.6 Å². The molecule has 0 saturated carbocycles. The summed E-state index contributed by atoms with van der Waals surface area (Å²) in [4.78, 5) is 37.6. The number of cyclic esters (lactones) is 1. The number of ether oxygens (including phenoxy) is 2. The SMILES string of the molecule is CC(C)=CCC/C(C)=C/[C@H]1OC(=O)CC12C[C@H](OC(=O)c1ccc(I)cc1)C=CC2=O. The molecule has 0 amide bonds. The number of hydrogen-bond acceptors (Lipinski definition) is 5. The standard InChI is InChI=1S/C25H27IO5/c1-16(2)5-4-6-17(3)13-22-25(15-23(28)31-22)14-20(11-12-21(25)27)30-24(29)18-7-9-19(26)10-8-18/h5,7-13,20,22H,4,6,14-15H2,1-3H3/b17-13+/t20-,22-,25?/m1/s1. The van der Waals surface area contributed by atoms with Crippen LogP contribution in [0.5, 0.6) is 0 Å². The van der Waals surface area contributed by atoms with Crippen molar-refractivity contribution in [2.75, 3.05) is 0 Å². The number of ketones is 1. The van der Waals surface area contributed by atoms with E-state index in [1.807, 2.05) is 25.1 Å². The highest BCUT2D eigenvalue weighted by Gasteiger charge is 2.55. The summed E-state index contributed by atoms with van der Waals surface area (Å²) in [5, 5.41) is 0. The third-order valence-electron chi connectivity index (χ3n) is 5.65. The van der Waals surface area contributed by atoms with Crippen molar-refractivity contribution in [3.63, 3.8) is 0 Å². The van der Waals surface area contributed by atoms with E-state index in [2.05, 4.69) is 42.5 Å². The van der Waals surface area contributed by atoms with E-state index >= 15 is 0 Å². The van der Waals surface area contributed by atoms with Crippen molar-refractivity contribution in [1.29, 1.82) is 0 Å². The lowest BCUT2D eigenvalue weighted by Crippen LogP contribution is -2.43. The largest absolute Gasteiger partial charge is 0.457 e. The minimum atomic E-state index is -1.03. The molecule has 1 heterocycles. The van der Waals surface area contributed by atoms with Gasteiger partial charge in [0.05, 0.1) is 17.4 Å². The first-order valence-corrected chi connectivity index (χ1v) is 11.5. The molecule has 0 aromatic heterocycles. The lowest BCUT2D eigenvalue weighted by Gasteiger charge is -2.34. The van der Waals surface area contributed by atoms with Crippen molar-refractivity contribution in [2.45, 2.75) is 58.7 Å². The lowest BCUT2D eigenvalue weighted by molar-refractivity contribution is -0.140. The smallest absolute Gasteiger partial charge is 0.338 e. The van der Waals surface area contributed by atoms with Gasteiger partial charge in [0.25, 0.3) is 0 Å². The molecule has 1 unspecified atom stereocenters. The molecule has 0 N–H and O–H groups in total. The van der Waals surface area contributed by atoms with Crippen LogP contribution in [0.3, 0.4) is 0 Å². The summed E-state index contributed by atoms with van der Waals surface area (Å²) >= 11 is 2.17. The number of carbonyl (C=O) groups excluding carboxylic acids is 3. The Morgan fingerprint density at radius 1 is 1.23 bits per heavy atom. The van der Waals surface area contributed by atoms with Gasteiger partial charge in [-0.2, -0.15) is 0 Å². The molecule has 0 radical (unpaired) electrons. The zero-order valence-electron chi connectivity index (χ0n) is 18.0. The summed E-state index contributed by atoms with van der Waals surface area (Å²) in [6.45, 7) is 6.09. The zero-order chi connectivity index (χ0) is 22.6. The summed E-state index contributed by atoms with van der Waals surface area (Å²) < 4.78 is 12.2. The fourth-order valence-corrected chi connectivity index (χ4v) is 4.31. The van der Waals surface area contributed by atoms with Crippen LogP contribution in [0.4, 0.5) is 0 Å². The van der Waals surface area contributed by atoms with Gasteiger partial charge in [-0.25, -0.2) is 4.79 Å². The van der Waals surface area contributed by atoms with Crippen LogP contribution < -0.4 is 0 Å². The molecule has 6 heteroatoms. The van der Waals surface area contributed by atoms with Crippen LogP contribution in [-0.2, 0) is 19.1 Å². The molecule has 2 aliphatic rings. The van der Waals surface area contributed by atoms with Gasteiger partial charge in [0, 0.05) is 9.99 Å². The summed E-state index contributed by atoms with van der Waals surface area (Å²) in [7, 11) is 0. The highest BCUT2D eigenvalue weighted by Crippen LogP contribution is 2.45. The van der Waals surface area contributed by atoms with Crippen molar-refractivity contribution in [3.05, 3.63) is 68.8 Å². The normalized spacial score (nSPS) is 25.5. The Morgan fingerprint density at radius 2 is 1.94 bits per heavy atom. The van der Waals surface area contributed by atoms with Gasteiger partial charge in [0.15, 0.2) is 5.78 Å². The van der Waals surface area contributed by atoms with Crippen LogP contribution in [0.15, 0.2) is 59.7 Å². The molecule has 1 aromatic rings. The van der Waals surface area contributed by atoms with Gasteiger partial charge in [-0.1, -0.05) is 17.2 Å². The predicted octanol–water partition coefficient (Wildman–Crippen LogP) is 5.34. The van der Waals surface area contributed by atoms with Gasteiger partial charge >= 0.3 is 11.9 Å². The van der Waals surface area contributed by atoms with Crippen molar-refractivity contribution in [1.82, 2.24) is 0 Å². The number of hydrogen-bond donors (Lipinski definition) is 0. The Hall–Kier alpha value is -2.22. The lowest BCUT2D eigenvalue weighted by atomic mass is 9.69. The zero-order valence-corrected chi connectivity index (χ0v) is 20.2. The molecule has 3 atom stereocenters. The second-order valence-electron chi connectivity index (χ2n) is 8.45. The summed E-state index contributed by atoms with van der Waals surface area (Å²) in [6.07, 6.45) is 7.77. The van der Waals surface area contributed by atoms with E-state index in [4.69, 9.17) is 9.47 Å². The number of esters is 2. The van der Waals surface area contributed by atoms with Crippen LogP contribution in [0.25, 0.3) is 0 Å². The Bertz CT molecular complexity index is 953. The first kappa shape index (κ1) is 23.4.